The van der Waals surface area contributed by atoms with Gasteiger partial charge in [0.05, 0.1) is 6.61 Å². The molecule has 0 spiro atoms. The van der Waals surface area contributed by atoms with Crippen molar-refractivity contribution in [3.63, 3.8) is 0 Å². The first-order valence-corrected chi connectivity index (χ1v) is 10.4. The molecule has 6 heteroatoms. The van der Waals surface area contributed by atoms with Crippen LogP contribution in [-0.4, -0.2) is 35.9 Å². The Kier molecular flexibility index (Phi) is 9.51. The molecular formula is C23H29ClN2O3. The van der Waals surface area contributed by atoms with Gasteiger partial charge in [0.25, 0.3) is 0 Å². The van der Waals surface area contributed by atoms with E-state index in [1.54, 1.807) is 36.1 Å². The first-order chi connectivity index (χ1) is 14.0. The maximum absolute atomic E-state index is 12.9. The molecule has 0 heterocycles. The maximum atomic E-state index is 12.9. The van der Waals surface area contributed by atoms with Crippen LogP contribution in [0.25, 0.3) is 0 Å². The third kappa shape index (κ3) is 7.78. The fourth-order valence-electron chi connectivity index (χ4n) is 2.85. The fourth-order valence-corrected chi connectivity index (χ4v) is 2.97. The van der Waals surface area contributed by atoms with Crippen molar-refractivity contribution in [2.45, 2.75) is 45.7 Å². The molecule has 0 aromatic heterocycles. The molecule has 0 fully saturated rings. The minimum atomic E-state index is -0.536. The van der Waals surface area contributed by atoms with Crippen LogP contribution in [0.5, 0.6) is 5.75 Å². The molecule has 0 saturated heterocycles. The summed E-state index contributed by atoms with van der Waals surface area (Å²) in [6.07, 6.45) is 1.73. The van der Waals surface area contributed by atoms with E-state index < -0.39 is 6.04 Å². The summed E-state index contributed by atoms with van der Waals surface area (Å²) >= 11 is 5.86. The van der Waals surface area contributed by atoms with Crippen molar-refractivity contribution in [3.8, 4) is 5.75 Å². The number of rotatable bonds is 11. The Morgan fingerprint density at radius 2 is 1.79 bits per heavy atom. The minimum absolute atomic E-state index is 0.0623. The highest BCUT2D eigenvalue weighted by Crippen LogP contribution is 2.16. The monoisotopic (exact) mass is 416 g/mol. The molecule has 0 aliphatic heterocycles. The zero-order valence-electron chi connectivity index (χ0n) is 17.1. The van der Waals surface area contributed by atoms with E-state index in [0.717, 1.165) is 17.7 Å². The highest BCUT2D eigenvalue weighted by molar-refractivity contribution is 6.30. The van der Waals surface area contributed by atoms with E-state index in [0.29, 0.717) is 37.6 Å². The Balaban J connectivity index is 1.93. The van der Waals surface area contributed by atoms with Gasteiger partial charge in [-0.3, -0.25) is 9.59 Å². The predicted molar refractivity (Wildman–Crippen MR) is 116 cm³/mol. The molecular weight excluding hydrogens is 388 g/mol. The topological polar surface area (TPSA) is 58.6 Å². The highest BCUT2D eigenvalue weighted by Gasteiger charge is 2.25. The standard InChI is InChI=1S/C23H29ClN2O3/c1-3-15-25-23(28)18(2)26(17-19-8-5-4-6-9-19)22(27)10-7-16-29-21-13-11-20(24)12-14-21/h4-6,8-9,11-14,18H,3,7,10,15-17H2,1-2H3,(H,25,28). The van der Waals surface area contributed by atoms with Crippen LogP contribution in [0.1, 0.15) is 38.7 Å². The number of nitrogens with one attached hydrogen (secondary N) is 1. The summed E-state index contributed by atoms with van der Waals surface area (Å²) in [5.74, 6) is 0.525. The molecule has 2 amide bonds. The van der Waals surface area contributed by atoms with Crippen molar-refractivity contribution in [1.82, 2.24) is 10.2 Å². The Bertz CT molecular complexity index is 765. The van der Waals surface area contributed by atoms with Crippen molar-refractivity contribution < 1.29 is 14.3 Å². The van der Waals surface area contributed by atoms with Gasteiger partial charge in [-0.05, 0) is 49.6 Å². The van der Waals surface area contributed by atoms with Crippen LogP contribution in [-0.2, 0) is 16.1 Å². The average molecular weight is 417 g/mol. The van der Waals surface area contributed by atoms with Gasteiger partial charge in [0.1, 0.15) is 11.8 Å². The predicted octanol–water partition coefficient (Wildman–Crippen LogP) is 4.44. The summed E-state index contributed by atoms with van der Waals surface area (Å²) < 4.78 is 5.66. The second kappa shape index (κ2) is 12.1. The van der Waals surface area contributed by atoms with Gasteiger partial charge in [0, 0.05) is 24.5 Å². The third-order valence-corrected chi connectivity index (χ3v) is 4.78. The van der Waals surface area contributed by atoms with E-state index in [-0.39, 0.29) is 11.8 Å². The molecule has 1 unspecified atom stereocenters. The summed E-state index contributed by atoms with van der Waals surface area (Å²) in [7, 11) is 0. The molecule has 2 aromatic rings. The smallest absolute Gasteiger partial charge is 0.242 e. The molecule has 156 valence electrons. The first-order valence-electron chi connectivity index (χ1n) is 10.0. The van der Waals surface area contributed by atoms with Crippen LogP contribution in [0.4, 0.5) is 0 Å². The van der Waals surface area contributed by atoms with E-state index in [4.69, 9.17) is 16.3 Å². The number of benzene rings is 2. The maximum Gasteiger partial charge on any atom is 0.242 e. The molecule has 1 N–H and O–H groups in total. The third-order valence-electron chi connectivity index (χ3n) is 4.53. The van der Waals surface area contributed by atoms with Crippen LogP contribution < -0.4 is 10.1 Å². The van der Waals surface area contributed by atoms with E-state index in [9.17, 15) is 9.59 Å². The van der Waals surface area contributed by atoms with Gasteiger partial charge in [0.15, 0.2) is 0 Å². The molecule has 29 heavy (non-hydrogen) atoms. The van der Waals surface area contributed by atoms with Crippen molar-refractivity contribution >= 4 is 23.4 Å². The van der Waals surface area contributed by atoms with Crippen LogP contribution in [0, 0.1) is 0 Å². The lowest BCUT2D eigenvalue weighted by atomic mass is 10.1. The quantitative estimate of drug-likeness (QED) is 0.551. The summed E-state index contributed by atoms with van der Waals surface area (Å²) in [4.78, 5) is 27.0. The Hall–Kier alpha value is -2.53. The molecule has 0 bridgehead atoms. The van der Waals surface area contributed by atoms with E-state index >= 15 is 0 Å². The molecule has 0 aliphatic carbocycles. The largest absolute Gasteiger partial charge is 0.494 e. The van der Waals surface area contributed by atoms with E-state index in [2.05, 4.69) is 5.32 Å². The molecule has 0 saturated carbocycles. The lowest BCUT2D eigenvalue weighted by Gasteiger charge is -2.29. The van der Waals surface area contributed by atoms with Gasteiger partial charge >= 0.3 is 0 Å². The zero-order valence-corrected chi connectivity index (χ0v) is 17.8. The van der Waals surface area contributed by atoms with Gasteiger partial charge in [-0.1, -0.05) is 48.9 Å². The minimum Gasteiger partial charge on any atom is -0.494 e. The van der Waals surface area contributed by atoms with Gasteiger partial charge in [0.2, 0.25) is 11.8 Å². The van der Waals surface area contributed by atoms with Crippen molar-refractivity contribution in [3.05, 3.63) is 65.2 Å². The van der Waals surface area contributed by atoms with E-state index in [1.807, 2.05) is 37.3 Å². The zero-order chi connectivity index (χ0) is 21.1. The lowest BCUT2D eigenvalue weighted by molar-refractivity contribution is -0.140. The number of carbonyl (C=O) groups excluding carboxylic acids is 2. The van der Waals surface area contributed by atoms with Crippen molar-refractivity contribution in [2.75, 3.05) is 13.2 Å². The number of halogens is 1. The average Bonchev–Trinajstić information content (AvgIpc) is 2.74. The van der Waals surface area contributed by atoms with Crippen LogP contribution >= 0.6 is 11.6 Å². The van der Waals surface area contributed by atoms with Gasteiger partial charge in [-0.15, -0.1) is 0 Å². The van der Waals surface area contributed by atoms with Crippen molar-refractivity contribution in [2.24, 2.45) is 0 Å². The molecule has 2 rings (SSSR count). The van der Waals surface area contributed by atoms with Crippen LogP contribution in [0.15, 0.2) is 54.6 Å². The number of nitrogens with zero attached hydrogens (tertiary/aromatic N) is 1. The van der Waals surface area contributed by atoms with Crippen LogP contribution in [0.2, 0.25) is 5.02 Å². The normalized spacial score (nSPS) is 11.6. The molecule has 1 atom stereocenters. The second-order valence-corrected chi connectivity index (χ2v) is 7.32. The summed E-state index contributed by atoms with van der Waals surface area (Å²) in [6, 6.07) is 16.3. The summed E-state index contributed by atoms with van der Waals surface area (Å²) in [6.45, 7) is 5.20. The number of ether oxygens (including phenoxy) is 1. The number of carbonyl (C=O) groups is 2. The summed E-state index contributed by atoms with van der Waals surface area (Å²) in [5.41, 5.74) is 0.994. The molecule has 5 nitrogen and oxygen atoms in total. The SMILES string of the molecule is CCCNC(=O)C(C)N(Cc1ccccc1)C(=O)CCCOc1ccc(Cl)cc1. The van der Waals surface area contributed by atoms with Gasteiger partial charge in [-0.2, -0.15) is 0 Å². The highest BCUT2D eigenvalue weighted by atomic mass is 35.5. The molecule has 0 radical (unpaired) electrons. The second-order valence-electron chi connectivity index (χ2n) is 6.88. The Morgan fingerprint density at radius 1 is 1.10 bits per heavy atom. The van der Waals surface area contributed by atoms with Gasteiger partial charge in [-0.25, -0.2) is 0 Å². The Labute approximate surface area is 178 Å². The van der Waals surface area contributed by atoms with Crippen LogP contribution in [0.3, 0.4) is 0 Å². The molecule has 0 aliphatic rings. The lowest BCUT2D eigenvalue weighted by Crippen LogP contribution is -2.47. The number of amides is 2. The van der Waals surface area contributed by atoms with Crippen molar-refractivity contribution in [1.29, 1.82) is 0 Å². The van der Waals surface area contributed by atoms with Gasteiger partial charge < -0.3 is 15.0 Å². The molecule has 2 aromatic carbocycles. The number of hydrogen-bond acceptors (Lipinski definition) is 3. The number of hydrogen-bond donors (Lipinski definition) is 1. The van der Waals surface area contributed by atoms with E-state index in [1.165, 1.54) is 0 Å². The fraction of sp³-hybridized carbons (Fsp3) is 0.391. The first kappa shape index (κ1) is 22.8. The Morgan fingerprint density at radius 3 is 2.45 bits per heavy atom. The summed E-state index contributed by atoms with van der Waals surface area (Å²) in [5, 5.41) is 3.53.